The zero-order valence-corrected chi connectivity index (χ0v) is 17.4. The summed E-state index contributed by atoms with van der Waals surface area (Å²) in [7, 11) is 0. The van der Waals surface area contributed by atoms with Crippen molar-refractivity contribution in [3.05, 3.63) is 52.5 Å². The van der Waals surface area contributed by atoms with Gasteiger partial charge in [-0.1, -0.05) is 12.1 Å². The standard InChI is InChI=1S/C21H23BrN2O4/c1-13(2)28-12-15-9-16(7-8-19(15)25)23-21(27)14-10-20(26)24(11-14)18-6-4-3-5-17(18)22/h3-9,13-14,25H,10-12H2,1-2H3,(H,23,27). The van der Waals surface area contributed by atoms with Crippen LogP contribution in [0, 0.1) is 5.92 Å². The maximum Gasteiger partial charge on any atom is 0.229 e. The highest BCUT2D eigenvalue weighted by Crippen LogP contribution is 2.32. The molecule has 1 atom stereocenters. The molecular weight excluding hydrogens is 424 g/mol. The van der Waals surface area contributed by atoms with Crippen molar-refractivity contribution in [3.8, 4) is 5.75 Å². The molecule has 2 aromatic carbocycles. The number of carbonyl (C=O) groups excluding carboxylic acids is 2. The molecule has 148 valence electrons. The number of para-hydroxylation sites is 1. The molecule has 1 unspecified atom stereocenters. The maximum absolute atomic E-state index is 12.7. The molecule has 6 nitrogen and oxygen atoms in total. The normalized spacial score (nSPS) is 16.6. The number of rotatable bonds is 6. The van der Waals surface area contributed by atoms with Crippen molar-refractivity contribution >= 4 is 39.1 Å². The van der Waals surface area contributed by atoms with Crippen molar-refractivity contribution in [1.29, 1.82) is 0 Å². The van der Waals surface area contributed by atoms with Gasteiger partial charge in [-0.05, 0) is 60.1 Å². The van der Waals surface area contributed by atoms with Gasteiger partial charge in [0.05, 0.1) is 24.3 Å². The second-order valence-electron chi connectivity index (χ2n) is 7.05. The van der Waals surface area contributed by atoms with Gasteiger partial charge in [0.15, 0.2) is 0 Å². The van der Waals surface area contributed by atoms with Crippen molar-refractivity contribution in [2.75, 3.05) is 16.8 Å². The van der Waals surface area contributed by atoms with Gasteiger partial charge in [0.25, 0.3) is 0 Å². The van der Waals surface area contributed by atoms with E-state index in [9.17, 15) is 14.7 Å². The van der Waals surface area contributed by atoms with Gasteiger partial charge < -0.3 is 20.1 Å². The van der Waals surface area contributed by atoms with E-state index in [1.165, 1.54) is 6.07 Å². The molecule has 0 bridgehead atoms. The average Bonchev–Trinajstić information content (AvgIpc) is 3.04. The first-order chi connectivity index (χ1) is 13.3. The number of amides is 2. The zero-order chi connectivity index (χ0) is 20.3. The van der Waals surface area contributed by atoms with Crippen LogP contribution in [0.5, 0.6) is 5.75 Å². The van der Waals surface area contributed by atoms with E-state index in [1.54, 1.807) is 17.0 Å². The fourth-order valence-corrected chi connectivity index (χ4v) is 3.57. The predicted octanol–water partition coefficient (Wildman–Crippen LogP) is 4.07. The number of anilines is 2. The Kier molecular flexibility index (Phi) is 6.36. The quantitative estimate of drug-likeness (QED) is 0.655. The van der Waals surface area contributed by atoms with Crippen molar-refractivity contribution in [3.63, 3.8) is 0 Å². The van der Waals surface area contributed by atoms with Crippen molar-refractivity contribution in [2.45, 2.75) is 33.0 Å². The maximum atomic E-state index is 12.7. The SMILES string of the molecule is CC(C)OCc1cc(NC(=O)C2CC(=O)N(c3ccccc3Br)C2)ccc1O. The summed E-state index contributed by atoms with van der Waals surface area (Å²) in [5.74, 6) is -0.619. The third kappa shape index (κ3) is 4.72. The number of nitrogens with one attached hydrogen (secondary N) is 1. The molecule has 1 saturated heterocycles. The van der Waals surface area contributed by atoms with E-state index >= 15 is 0 Å². The molecule has 1 heterocycles. The fourth-order valence-electron chi connectivity index (χ4n) is 3.07. The second-order valence-corrected chi connectivity index (χ2v) is 7.90. The Morgan fingerprint density at radius 1 is 1.32 bits per heavy atom. The molecule has 7 heteroatoms. The number of benzene rings is 2. The molecule has 0 aliphatic carbocycles. The van der Waals surface area contributed by atoms with E-state index in [0.29, 0.717) is 17.8 Å². The van der Waals surface area contributed by atoms with E-state index in [2.05, 4.69) is 21.2 Å². The summed E-state index contributed by atoms with van der Waals surface area (Å²) in [6, 6.07) is 12.3. The predicted molar refractivity (Wildman–Crippen MR) is 111 cm³/mol. The minimum atomic E-state index is -0.441. The lowest BCUT2D eigenvalue weighted by molar-refractivity contribution is -0.122. The molecule has 2 aromatic rings. The Morgan fingerprint density at radius 3 is 2.79 bits per heavy atom. The summed E-state index contributed by atoms with van der Waals surface area (Å²) >= 11 is 3.45. The van der Waals surface area contributed by atoms with Gasteiger partial charge in [-0.15, -0.1) is 0 Å². The molecule has 0 spiro atoms. The van der Waals surface area contributed by atoms with E-state index < -0.39 is 5.92 Å². The van der Waals surface area contributed by atoms with Gasteiger partial charge >= 0.3 is 0 Å². The number of hydrogen-bond donors (Lipinski definition) is 2. The van der Waals surface area contributed by atoms with Crippen LogP contribution in [0.3, 0.4) is 0 Å². The highest BCUT2D eigenvalue weighted by Gasteiger charge is 2.35. The summed E-state index contributed by atoms with van der Waals surface area (Å²) < 4.78 is 6.35. The first kappa shape index (κ1) is 20.4. The Labute approximate surface area is 172 Å². The van der Waals surface area contributed by atoms with Crippen LogP contribution in [0.25, 0.3) is 0 Å². The molecule has 0 radical (unpaired) electrons. The van der Waals surface area contributed by atoms with Crippen molar-refractivity contribution < 1.29 is 19.4 Å². The number of hydrogen-bond acceptors (Lipinski definition) is 4. The van der Waals surface area contributed by atoms with E-state index in [4.69, 9.17) is 4.74 Å². The molecule has 3 rings (SSSR count). The highest BCUT2D eigenvalue weighted by atomic mass is 79.9. The first-order valence-electron chi connectivity index (χ1n) is 9.14. The minimum Gasteiger partial charge on any atom is -0.508 e. The largest absolute Gasteiger partial charge is 0.508 e. The van der Waals surface area contributed by atoms with E-state index in [-0.39, 0.29) is 36.7 Å². The van der Waals surface area contributed by atoms with Gasteiger partial charge in [-0.3, -0.25) is 9.59 Å². The van der Waals surface area contributed by atoms with Crippen LogP contribution < -0.4 is 10.2 Å². The van der Waals surface area contributed by atoms with E-state index in [1.807, 2.05) is 38.1 Å². The van der Waals surface area contributed by atoms with Crippen LogP contribution in [0.1, 0.15) is 25.8 Å². The lowest BCUT2D eigenvalue weighted by Crippen LogP contribution is -2.28. The number of aromatic hydroxyl groups is 1. The van der Waals surface area contributed by atoms with Crippen LogP contribution in [0.15, 0.2) is 46.9 Å². The fraction of sp³-hybridized carbons (Fsp3) is 0.333. The topological polar surface area (TPSA) is 78.9 Å². The molecule has 2 N–H and O–H groups in total. The third-order valence-corrected chi connectivity index (χ3v) is 5.23. The summed E-state index contributed by atoms with van der Waals surface area (Å²) in [4.78, 5) is 26.7. The third-order valence-electron chi connectivity index (χ3n) is 4.56. The van der Waals surface area contributed by atoms with Crippen LogP contribution in [-0.4, -0.2) is 29.6 Å². The number of nitrogens with zero attached hydrogens (tertiary/aromatic N) is 1. The van der Waals surface area contributed by atoms with E-state index in [0.717, 1.165) is 10.2 Å². The van der Waals surface area contributed by atoms with Crippen molar-refractivity contribution in [2.24, 2.45) is 5.92 Å². The first-order valence-corrected chi connectivity index (χ1v) is 9.93. The summed E-state index contributed by atoms with van der Waals surface area (Å²) in [5, 5.41) is 12.8. The minimum absolute atomic E-state index is 0.0328. The zero-order valence-electron chi connectivity index (χ0n) is 15.8. The molecule has 1 aliphatic heterocycles. The summed E-state index contributed by atoms with van der Waals surface area (Å²) in [5.41, 5.74) is 1.93. The van der Waals surface area contributed by atoms with Gasteiger partial charge in [-0.2, -0.15) is 0 Å². The Morgan fingerprint density at radius 2 is 2.07 bits per heavy atom. The molecular formula is C21H23BrN2O4. The monoisotopic (exact) mass is 446 g/mol. The molecule has 2 amide bonds. The molecule has 1 fully saturated rings. The van der Waals surface area contributed by atoms with Crippen LogP contribution >= 0.6 is 15.9 Å². The Hall–Kier alpha value is -2.38. The summed E-state index contributed by atoms with van der Waals surface area (Å²) in [6.45, 7) is 4.41. The van der Waals surface area contributed by atoms with Gasteiger partial charge in [0.1, 0.15) is 5.75 Å². The average molecular weight is 447 g/mol. The van der Waals surface area contributed by atoms with Gasteiger partial charge in [0, 0.05) is 28.7 Å². The smallest absolute Gasteiger partial charge is 0.229 e. The lowest BCUT2D eigenvalue weighted by Gasteiger charge is -2.18. The molecule has 1 aliphatic rings. The second kappa shape index (κ2) is 8.75. The van der Waals surface area contributed by atoms with Crippen LogP contribution in [0.2, 0.25) is 0 Å². The number of carbonyl (C=O) groups is 2. The molecule has 0 aromatic heterocycles. The van der Waals surface area contributed by atoms with Crippen LogP contribution in [-0.2, 0) is 20.9 Å². The number of ether oxygens (including phenoxy) is 1. The van der Waals surface area contributed by atoms with Gasteiger partial charge in [-0.25, -0.2) is 0 Å². The van der Waals surface area contributed by atoms with Crippen LogP contribution in [0.4, 0.5) is 11.4 Å². The molecule has 28 heavy (non-hydrogen) atoms. The van der Waals surface area contributed by atoms with Crippen molar-refractivity contribution in [1.82, 2.24) is 0 Å². The summed E-state index contributed by atoms with van der Waals surface area (Å²) in [6.07, 6.45) is 0.194. The molecule has 0 saturated carbocycles. The lowest BCUT2D eigenvalue weighted by atomic mass is 10.1. The number of phenolic OH excluding ortho intramolecular Hbond substituents is 1. The Balaban J connectivity index is 1.68. The Bertz CT molecular complexity index is 884. The number of halogens is 1. The highest BCUT2D eigenvalue weighted by molar-refractivity contribution is 9.10. The number of phenols is 1. The van der Waals surface area contributed by atoms with Gasteiger partial charge in [0.2, 0.25) is 11.8 Å².